The van der Waals surface area contributed by atoms with Crippen LogP contribution in [-0.2, 0) is 0 Å². The van der Waals surface area contributed by atoms with Crippen molar-refractivity contribution in [3.63, 3.8) is 0 Å². The Bertz CT molecular complexity index is 1210. The van der Waals surface area contributed by atoms with Gasteiger partial charge in [0.15, 0.2) is 5.82 Å². The topological polar surface area (TPSA) is 119 Å². The van der Waals surface area contributed by atoms with Crippen molar-refractivity contribution < 1.29 is 4.92 Å². The van der Waals surface area contributed by atoms with Crippen LogP contribution in [0.3, 0.4) is 0 Å². The maximum atomic E-state index is 10.9. The highest BCUT2D eigenvalue weighted by molar-refractivity contribution is 5.65. The molecule has 0 bridgehead atoms. The molecular weight excluding hydrogens is 394 g/mol. The second-order valence-electron chi connectivity index (χ2n) is 6.91. The summed E-state index contributed by atoms with van der Waals surface area (Å²) in [6.07, 6.45) is 0. The number of nitro groups is 1. The average molecular weight is 413 g/mol. The van der Waals surface area contributed by atoms with Crippen LogP contribution in [0.2, 0.25) is 0 Å². The first kappa shape index (κ1) is 19.9. The predicted octanol–water partition coefficient (Wildman–Crippen LogP) is 4.95. The fourth-order valence-corrected chi connectivity index (χ4v) is 3.03. The maximum absolute atomic E-state index is 10.9. The quantitative estimate of drug-likeness (QED) is 0.337. The Morgan fingerprint density at radius 3 is 2.10 bits per heavy atom. The highest BCUT2D eigenvalue weighted by Gasteiger charge is 2.09. The van der Waals surface area contributed by atoms with Gasteiger partial charge in [0.2, 0.25) is 5.95 Å². The number of hydrogen-bond donors (Lipinski definition) is 2. The number of rotatable bonds is 6. The van der Waals surface area contributed by atoms with Crippen molar-refractivity contribution in [1.82, 2.24) is 20.2 Å². The van der Waals surface area contributed by atoms with Gasteiger partial charge in [0.1, 0.15) is 0 Å². The van der Waals surface area contributed by atoms with Crippen LogP contribution in [0, 0.1) is 24.0 Å². The Morgan fingerprint density at radius 2 is 1.48 bits per heavy atom. The Morgan fingerprint density at radius 1 is 0.806 bits per heavy atom. The van der Waals surface area contributed by atoms with Gasteiger partial charge >= 0.3 is 0 Å². The van der Waals surface area contributed by atoms with E-state index in [0.29, 0.717) is 23.0 Å². The van der Waals surface area contributed by atoms with Crippen molar-refractivity contribution in [3.8, 4) is 11.3 Å². The molecule has 9 heteroatoms. The van der Waals surface area contributed by atoms with Crippen molar-refractivity contribution in [3.05, 3.63) is 88.2 Å². The van der Waals surface area contributed by atoms with Crippen molar-refractivity contribution >= 4 is 28.8 Å². The molecule has 0 aliphatic carbocycles. The summed E-state index contributed by atoms with van der Waals surface area (Å²) in [6.45, 7) is 3.86. The zero-order valence-corrected chi connectivity index (χ0v) is 16.9. The third kappa shape index (κ3) is 4.96. The molecule has 0 saturated carbocycles. The van der Waals surface area contributed by atoms with E-state index in [0.717, 1.165) is 22.8 Å². The van der Waals surface area contributed by atoms with E-state index in [2.05, 4.69) is 30.8 Å². The van der Waals surface area contributed by atoms with Crippen LogP contribution in [0.1, 0.15) is 11.4 Å². The third-order valence-electron chi connectivity index (χ3n) is 4.41. The van der Waals surface area contributed by atoms with Crippen LogP contribution in [0.25, 0.3) is 11.3 Å². The van der Waals surface area contributed by atoms with Gasteiger partial charge in [-0.15, -0.1) is 10.2 Å². The Kier molecular flexibility index (Phi) is 5.48. The lowest BCUT2D eigenvalue weighted by molar-refractivity contribution is -0.384. The number of nitrogens with one attached hydrogen (secondary N) is 2. The SMILES string of the molecule is Cc1cc(C)nc(Nc2ccc(Nc3ccc(-c4cccc([N+](=O)[O-])c4)nn3)cc2)n1. The van der Waals surface area contributed by atoms with Gasteiger partial charge in [0.25, 0.3) is 5.69 Å². The van der Waals surface area contributed by atoms with Gasteiger partial charge in [-0.05, 0) is 56.3 Å². The fourth-order valence-electron chi connectivity index (χ4n) is 3.03. The first-order valence-electron chi connectivity index (χ1n) is 9.51. The second-order valence-corrected chi connectivity index (χ2v) is 6.91. The first-order chi connectivity index (χ1) is 15.0. The standard InChI is InChI=1S/C22H19N7O2/c1-14-12-15(2)24-22(23-14)26-18-8-6-17(7-9-18)25-21-11-10-20(27-28-21)16-4-3-5-19(13-16)29(30)31/h3-13H,1-2H3,(H,25,28)(H,23,24,26). The van der Waals surface area contributed by atoms with Crippen LogP contribution in [0.4, 0.5) is 28.8 Å². The van der Waals surface area contributed by atoms with E-state index in [-0.39, 0.29) is 5.69 Å². The van der Waals surface area contributed by atoms with Crippen LogP contribution in [0.15, 0.2) is 66.7 Å². The molecule has 2 N–H and O–H groups in total. The van der Waals surface area contributed by atoms with Crippen LogP contribution in [0.5, 0.6) is 0 Å². The van der Waals surface area contributed by atoms with Gasteiger partial charge in [-0.25, -0.2) is 9.97 Å². The highest BCUT2D eigenvalue weighted by Crippen LogP contribution is 2.24. The minimum absolute atomic E-state index is 0.0152. The molecule has 4 rings (SSSR count). The lowest BCUT2D eigenvalue weighted by Gasteiger charge is -2.09. The summed E-state index contributed by atoms with van der Waals surface area (Å²) in [4.78, 5) is 19.3. The van der Waals surface area contributed by atoms with Crippen LogP contribution >= 0.6 is 0 Å². The molecule has 2 aromatic carbocycles. The molecule has 31 heavy (non-hydrogen) atoms. The number of aryl methyl sites for hydroxylation is 2. The van der Waals surface area contributed by atoms with Gasteiger partial charge in [-0.2, -0.15) is 0 Å². The van der Waals surface area contributed by atoms with Crippen molar-refractivity contribution in [2.45, 2.75) is 13.8 Å². The number of aromatic nitrogens is 4. The first-order valence-corrected chi connectivity index (χ1v) is 9.51. The molecule has 0 aliphatic rings. The molecule has 9 nitrogen and oxygen atoms in total. The molecule has 0 unspecified atom stereocenters. The average Bonchev–Trinajstić information content (AvgIpc) is 2.75. The summed E-state index contributed by atoms with van der Waals surface area (Å²) in [5, 5.41) is 25.7. The Hall–Kier alpha value is -4.40. The number of benzene rings is 2. The van der Waals surface area contributed by atoms with Crippen molar-refractivity contribution in [1.29, 1.82) is 0 Å². The van der Waals surface area contributed by atoms with Gasteiger partial charge in [0.05, 0.1) is 10.6 Å². The van der Waals surface area contributed by atoms with E-state index in [1.807, 2.05) is 44.2 Å². The number of hydrogen-bond acceptors (Lipinski definition) is 8. The molecule has 0 spiro atoms. The molecule has 2 aromatic heterocycles. The van der Waals surface area contributed by atoms with Gasteiger partial charge in [-0.3, -0.25) is 10.1 Å². The molecule has 0 aliphatic heterocycles. The zero-order valence-electron chi connectivity index (χ0n) is 16.9. The van der Waals surface area contributed by atoms with Gasteiger partial charge < -0.3 is 10.6 Å². The molecule has 0 radical (unpaired) electrons. The molecule has 2 heterocycles. The number of anilines is 4. The summed E-state index contributed by atoms with van der Waals surface area (Å²) in [6, 6.07) is 19.4. The van der Waals surface area contributed by atoms with E-state index < -0.39 is 4.92 Å². The summed E-state index contributed by atoms with van der Waals surface area (Å²) >= 11 is 0. The molecule has 0 amide bonds. The lowest BCUT2D eigenvalue weighted by Crippen LogP contribution is -2.00. The monoisotopic (exact) mass is 413 g/mol. The number of nitrogens with zero attached hydrogens (tertiary/aromatic N) is 5. The van der Waals surface area contributed by atoms with E-state index in [4.69, 9.17) is 0 Å². The van der Waals surface area contributed by atoms with E-state index in [1.165, 1.54) is 12.1 Å². The predicted molar refractivity (Wildman–Crippen MR) is 119 cm³/mol. The summed E-state index contributed by atoms with van der Waals surface area (Å²) in [7, 11) is 0. The zero-order chi connectivity index (χ0) is 21.8. The van der Waals surface area contributed by atoms with E-state index >= 15 is 0 Å². The summed E-state index contributed by atoms with van der Waals surface area (Å²) in [5.41, 5.74) is 4.72. The Balaban J connectivity index is 1.43. The molecule has 4 aromatic rings. The molecule has 154 valence electrons. The van der Waals surface area contributed by atoms with Crippen molar-refractivity contribution in [2.24, 2.45) is 0 Å². The van der Waals surface area contributed by atoms with Crippen molar-refractivity contribution in [2.75, 3.05) is 10.6 Å². The molecular formula is C22H19N7O2. The van der Waals surface area contributed by atoms with E-state index in [1.54, 1.807) is 24.3 Å². The van der Waals surface area contributed by atoms with E-state index in [9.17, 15) is 10.1 Å². The second kappa shape index (κ2) is 8.54. The third-order valence-corrected chi connectivity index (χ3v) is 4.41. The minimum Gasteiger partial charge on any atom is -0.339 e. The number of non-ortho nitro benzene ring substituents is 1. The van der Waals surface area contributed by atoms with Gasteiger partial charge in [0, 0.05) is 40.5 Å². The van der Waals surface area contributed by atoms with Crippen LogP contribution in [-0.4, -0.2) is 25.1 Å². The lowest BCUT2D eigenvalue weighted by atomic mass is 10.1. The van der Waals surface area contributed by atoms with Gasteiger partial charge in [-0.1, -0.05) is 12.1 Å². The smallest absolute Gasteiger partial charge is 0.270 e. The van der Waals surface area contributed by atoms with Crippen LogP contribution < -0.4 is 10.6 Å². The number of nitro benzene ring substituents is 1. The molecule has 0 fully saturated rings. The minimum atomic E-state index is -0.433. The maximum Gasteiger partial charge on any atom is 0.270 e. The largest absolute Gasteiger partial charge is 0.339 e. The fraction of sp³-hybridized carbons (Fsp3) is 0.0909. The Labute approximate surface area is 178 Å². The normalized spacial score (nSPS) is 10.5. The molecule has 0 saturated heterocycles. The molecule has 0 atom stereocenters. The summed E-state index contributed by atoms with van der Waals surface area (Å²) < 4.78 is 0. The highest BCUT2D eigenvalue weighted by atomic mass is 16.6. The summed E-state index contributed by atoms with van der Waals surface area (Å²) in [5.74, 6) is 1.12.